The molecule has 20 heavy (non-hydrogen) atoms. The van der Waals surface area contributed by atoms with E-state index in [2.05, 4.69) is 25.3 Å². The molecular formula is C11H10N6O2S. The number of aromatic amines is 1. The lowest BCUT2D eigenvalue weighted by atomic mass is 10.3. The number of fused-ring (bicyclic) bond motifs is 1. The first-order chi connectivity index (χ1) is 9.52. The van der Waals surface area contributed by atoms with E-state index in [1.807, 2.05) is 0 Å². The Morgan fingerprint density at radius 1 is 1.30 bits per heavy atom. The zero-order chi connectivity index (χ0) is 14.2. The maximum absolute atomic E-state index is 11.3. The Labute approximate surface area is 114 Å². The highest BCUT2D eigenvalue weighted by Gasteiger charge is 2.09. The van der Waals surface area contributed by atoms with Crippen molar-refractivity contribution in [3.63, 3.8) is 0 Å². The topological polar surface area (TPSA) is 127 Å². The molecular weight excluding hydrogens is 280 g/mol. The van der Waals surface area contributed by atoms with Crippen LogP contribution in [0.1, 0.15) is 0 Å². The Morgan fingerprint density at radius 3 is 2.90 bits per heavy atom. The Morgan fingerprint density at radius 2 is 2.15 bits per heavy atom. The van der Waals surface area contributed by atoms with Gasteiger partial charge in [0.25, 0.3) is 0 Å². The molecule has 1 aromatic carbocycles. The van der Waals surface area contributed by atoms with Crippen molar-refractivity contribution in [3.8, 4) is 0 Å². The maximum atomic E-state index is 11.3. The molecule has 0 saturated heterocycles. The number of nitrogens with two attached hydrogens (primary N) is 1. The van der Waals surface area contributed by atoms with Gasteiger partial charge in [-0.15, -0.1) is 0 Å². The molecule has 0 saturated carbocycles. The predicted octanol–water partition coefficient (Wildman–Crippen LogP) is 0.744. The molecule has 8 nitrogen and oxygen atoms in total. The molecule has 4 N–H and O–H groups in total. The first kappa shape index (κ1) is 12.5. The second-order valence-corrected chi connectivity index (χ2v) is 5.60. The summed E-state index contributed by atoms with van der Waals surface area (Å²) >= 11 is 0. The number of nitrogens with one attached hydrogen (secondary N) is 2. The van der Waals surface area contributed by atoms with Crippen LogP contribution in [-0.4, -0.2) is 28.4 Å². The minimum absolute atomic E-state index is 0.0263. The molecule has 9 heteroatoms. The first-order valence-electron chi connectivity index (χ1n) is 5.58. The molecule has 2 heterocycles. The van der Waals surface area contributed by atoms with Gasteiger partial charge in [-0.2, -0.15) is 4.98 Å². The van der Waals surface area contributed by atoms with E-state index in [0.717, 1.165) is 0 Å². The number of hydrogen-bond acceptors (Lipinski definition) is 6. The van der Waals surface area contributed by atoms with Crippen LogP contribution in [0.2, 0.25) is 0 Å². The molecule has 0 aliphatic heterocycles. The van der Waals surface area contributed by atoms with Gasteiger partial charge in [0.05, 0.1) is 11.1 Å². The van der Waals surface area contributed by atoms with Crippen LogP contribution >= 0.6 is 0 Å². The molecule has 0 amide bonds. The third kappa shape index (κ3) is 2.44. The minimum atomic E-state index is -3.74. The Bertz CT molecular complexity index is 840. The van der Waals surface area contributed by atoms with Crippen LogP contribution < -0.4 is 10.5 Å². The van der Waals surface area contributed by atoms with Gasteiger partial charge in [-0.1, -0.05) is 6.07 Å². The number of H-pyrrole nitrogens is 1. The average molecular weight is 290 g/mol. The van der Waals surface area contributed by atoms with Crippen molar-refractivity contribution in [2.75, 3.05) is 5.32 Å². The standard InChI is InChI=1S/C11H10N6O2S/c12-20(18,19)8-3-1-2-7(4-8)15-11-16-9-5-13-6-14-10(9)17-11/h1-6H,(H2,12,18,19)(H2,13,14,15,16,17). The van der Waals surface area contributed by atoms with E-state index in [1.165, 1.54) is 18.5 Å². The molecule has 0 unspecified atom stereocenters. The summed E-state index contributed by atoms with van der Waals surface area (Å²) in [5, 5.41) is 8.03. The largest absolute Gasteiger partial charge is 0.326 e. The number of aromatic nitrogens is 4. The van der Waals surface area contributed by atoms with E-state index in [4.69, 9.17) is 5.14 Å². The van der Waals surface area contributed by atoms with Crippen molar-refractivity contribution in [2.45, 2.75) is 4.90 Å². The van der Waals surface area contributed by atoms with E-state index >= 15 is 0 Å². The van der Waals surface area contributed by atoms with Crippen molar-refractivity contribution >= 4 is 32.8 Å². The van der Waals surface area contributed by atoms with Gasteiger partial charge < -0.3 is 10.3 Å². The Hall–Kier alpha value is -2.52. The number of nitrogens with zero attached hydrogens (tertiary/aromatic N) is 3. The highest BCUT2D eigenvalue weighted by atomic mass is 32.2. The highest BCUT2D eigenvalue weighted by Crippen LogP contribution is 2.19. The molecule has 3 rings (SSSR count). The molecule has 3 aromatic rings. The van der Waals surface area contributed by atoms with Crippen LogP contribution in [-0.2, 0) is 10.0 Å². The Kier molecular flexibility index (Phi) is 2.84. The smallest absolute Gasteiger partial charge is 0.238 e. The third-order valence-corrected chi connectivity index (χ3v) is 3.50. The number of sulfonamides is 1. The van der Waals surface area contributed by atoms with Crippen LogP contribution in [0.4, 0.5) is 11.6 Å². The predicted molar refractivity (Wildman–Crippen MR) is 72.8 cm³/mol. The lowest BCUT2D eigenvalue weighted by Gasteiger charge is -2.04. The van der Waals surface area contributed by atoms with Gasteiger partial charge in [-0.25, -0.2) is 23.5 Å². The van der Waals surface area contributed by atoms with Gasteiger partial charge in [-0.05, 0) is 18.2 Å². The van der Waals surface area contributed by atoms with Crippen molar-refractivity contribution in [2.24, 2.45) is 5.14 Å². The zero-order valence-corrected chi connectivity index (χ0v) is 10.9. The molecule has 0 fully saturated rings. The average Bonchev–Trinajstić information content (AvgIpc) is 2.80. The fraction of sp³-hybridized carbons (Fsp3) is 0. The van der Waals surface area contributed by atoms with Crippen molar-refractivity contribution in [1.82, 2.24) is 19.9 Å². The first-order valence-corrected chi connectivity index (χ1v) is 7.12. The number of hydrogen-bond donors (Lipinski definition) is 3. The summed E-state index contributed by atoms with van der Waals surface area (Å²) < 4.78 is 22.6. The van der Waals surface area contributed by atoms with Gasteiger partial charge >= 0.3 is 0 Å². The summed E-state index contributed by atoms with van der Waals surface area (Å²) in [5.74, 6) is 0.437. The van der Waals surface area contributed by atoms with Crippen LogP contribution in [0, 0.1) is 0 Å². The molecule has 0 bridgehead atoms. The maximum Gasteiger partial charge on any atom is 0.238 e. The molecule has 0 aliphatic rings. The second kappa shape index (κ2) is 4.54. The van der Waals surface area contributed by atoms with Crippen LogP contribution in [0.5, 0.6) is 0 Å². The van der Waals surface area contributed by atoms with Crippen LogP contribution in [0.25, 0.3) is 11.2 Å². The van der Waals surface area contributed by atoms with Gasteiger partial charge in [0.2, 0.25) is 16.0 Å². The summed E-state index contributed by atoms with van der Waals surface area (Å²) in [5.41, 5.74) is 1.74. The molecule has 102 valence electrons. The monoisotopic (exact) mass is 290 g/mol. The molecule has 0 aliphatic carbocycles. The number of benzene rings is 1. The number of imidazole rings is 1. The van der Waals surface area contributed by atoms with E-state index in [0.29, 0.717) is 22.8 Å². The van der Waals surface area contributed by atoms with Crippen molar-refractivity contribution in [3.05, 3.63) is 36.8 Å². The molecule has 0 spiro atoms. The fourth-order valence-electron chi connectivity index (χ4n) is 1.71. The fourth-order valence-corrected chi connectivity index (χ4v) is 2.27. The van der Waals surface area contributed by atoms with E-state index in [1.54, 1.807) is 18.3 Å². The summed E-state index contributed by atoms with van der Waals surface area (Å²) in [4.78, 5) is 15.1. The van der Waals surface area contributed by atoms with Crippen LogP contribution in [0.3, 0.4) is 0 Å². The molecule has 0 radical (unpaired) electrons. The summed E-state index contributed by atoms with van der Waals surface area (Å²) in [6, 6.07) is 6.14. The summed E-state index contributed by atoms with van der Waals surface area (Å²) in [7, 11) is -3.74. The quantitative estimate of drug-likeness (QED) is 0.653. The van der Waals surface area contributed by atoms with E-state index < -0.39 is 10.0 Å². The van der Waals surface area contributed by atoms with E-state index in [-0.39, 0.29) is 4.90 Å². The number of anilines is 2. The van der Waals surface area contributed by atoms with Crippen molar-refractivity contribution < 1.29 is 8.42 Å². The van der Waals surface area contributed by atoms with Crippen LogP contribution in [0.15, 0.2) is 41.7 Å². The SMILES string of the molecule is NS(=O)(=O)c1cccc(Nc2nc3ncncc3[nH]2)c1. The molecule has 0 atom stereocenters. The van der Waals surface area contributed by atoms with Gasteiger partial charge in [0.1, 0.15) is 11.8 Å². The highest BCUT2D eigenvalue weighted by molar-refractivity contribution is 7.89. The van der Waals surface area contributed by atoms with E-state index in [9.17, 15) is 8.42 Å². The number of rotatable bonds is 3. The summed E-state index contributed by atoms with van der Waals surface area (Å²) in [6.45, 7) is 0. The lowest BCUT2D eigenvalue weighted by Crippen LogP contribution is -2.12. The van der Waals surface area contributed by atoms with Crippen molar-refractivity contribution in [1.29, 1.82) is 0 Å². The van der Waals surface area contributed by atoms with Gasteiger partial charge in [0.15, 0.2) is 5.65 Å². The van der Waals surface area contributed by atoms with Gasteiger partial charge in [0, 0.05) is 5.69 Å². The van der Waals surface area contributed by atoms with Gasteiger partial charge in [-0.3, -0.25) is 0 Å². The summed E-state index contributed by atoms with van der Waals surface area (Å²) in [6.07, 6.45) is 3.00. The second-order valence-electron chi connectivity index (χ2n) is 4.04. The normalized spacial score (nSPS) is 11.7. The zero-order valence-electron chi connectivity index (χ0n) is 10.1. The lowest BCUT2D eigenvalue weighted by molar-refractivity contribution is 0.598. The number of primary sulfonamides is 1. The molecule has 2 aromatic heterocycles. The minimum Gasteiger partial charge on any atom is -0.326 e. The Balaban J connectivity index is 1.95. The third-order valence-electron chi connectivity index (χ3n) is 2.59.